The van der Waals surface area contributed by atoms with Crippen LogP contribution >= 0.6 is 0 Å². The van der Waals surface area contributed by atoms with Crippen molar-refractivity contribution in [3.8, 4) is 6.07 Å². The van der Waals surface area contributed by atoms with Crippen LogP contribution in [0.15, 0.2) is 24.3 Å². The van der Waals surface area contributed by atoms with Crippen LogP contribution < -0.4 is 4.72 Å². The molecule has 0 amide bonds. The molecule has 1 aromatic rings. The van der Waals surface area contributed by atoms with Crippen LogP contribution in [0, 0.1) is 17.1 Å². The minimum Gasteiger partial charge on any atom is -0.212 e. The lowest BCUT2D eigenvalue weighted by Gasteiger charge is -2.12. The van der Waals surface area contributed by atoms with Crippen LogP contribution in [-0.4, -0.2) is 14.2 Å². The van der Waals surface area contributed by atoms with E-state index in [4.69, 9.17) is 5.26 Å². The molecule has 1 unspecified atom stereocenters. The molecule has 0 saturated heterocycles. The van der Waals surface area contributed by atoms with E-state index in [-0.39, 0.29) is 5.75 Å². The summed E-state index contributed by atoms with van der Waals surface area (Å²) in [5.41, 5.74) is 0.430. The first kappa shape index (κ1) is 14.6. The fourth-order valence-corrected chi connectivity index (χ4v) is 2.73. The fourth-order valence-electron chi connectivity index (χ4n) is 1.40. The van der Waals surface area contributed by atoms with Crippen LogP contribution in [0.1, 0.15) is 31.4 Å². The van der Waals surface area contributed by atoms with Gasteiger partial charge in [0.05, 0.1) is 11.8 Å². The van der Waals surface area contributed by atoms with Crippen molar-refractivity contribution >= 4 is 10.0 Å². The van der Waals surface area contributed by atoms with E-state index in [9.17, 15) is 12.8 Å². The van der Waals surface area contributed by atoms with Gasteiger partial charge in [-0.2, -0.15) is 9.98 Å². The average molecular weight is 270 g/mol. The second-order valence-electron chi connectivity index (χ2n) is 3.90. The number of hydrogen-bond acceptors (Lipinski definition) is 3. The van der Waals surface area contributed by atoms with Gasteiger partial charge in [0.15, 0.2) is 0 Å². The third-order valence-corrected chi connectivity index (χ3v) is 3.82. The van der Waals surface area contributed by atoms with Crippen LogP contribution in [-0.2, 0) is 10.0 Å². The number of nitrogens with zero attached hydrogens (tertiary/aromatic N) is 1. The minimum absolute atomic E-state index is 0.0110. The Morgan fingerprint density at radius 3 is 2.50 bits per heavy atom. The molecule has 0 bridgehead atoms. The van der Waals surface area contributed by atoms with Gasteiger partial charge in [-0.05, 0) is 24.1 Å². The summed E-state index contributed by atoms with van der Waals surface area (Å²) in [5.74, 6) is -0.438. The molecule has 1 N–H and O–H groups in total. The Morgan fingerprint density at radius 1 is 1.39 bits per heavy atom. The number of nitrogens with one attached hydrogen (secondary N) is 1. The third kappa shape index (κ3) is 4.43. The Bertz CT molecular complexity index is 520. The normalized spacial score (nSPS) is 12.9. The zero-order valence-electron chi connectivity index (χ0n) is 10.1. The molecule has 1 aromatic carbocycles. The van der Waals surface area contributed by atoms with Crippen LogP contribution in [0.4, 0.5) is 4.39 Å². The summed E-state index contributed by atoms with van der Waals surface area (Å²) in [4.78, 5) is 0. The highest BCUT2D eigenvalue weighted by atomic mass is 32.2. The number of unbranched alkanes of at least 4 members (excludes halogenated alkanes) is 1. The van der Waals surface area contributed by atoms with E-state index in [0.717, 1.165) is 6.42 Å². The molecule has 1 atom stereocenters. The lowest BCUT2D eigenvalue weighted by atomic mass is 10.1. The number of benzene rings is 1. The Labute approximate surface area is 106 Å². The van der Waals surface area contributed by atoms with Crippen molar-refractivity contribution in [3.63, 3.8) is 0 Å². The Hall–Kier alpha value is -1.45. The Balaban J connectivity index is 2.80. The number of nitriles is 1. The second-order valence-corrected chi connectivity index (χ2v) is 5.78. The van der Waals surface area contributed by atoms with Gasteiger partial charge >= 0.3 is 0 Å². The predicted octanol–water partition coefficient (Wildman–Crippen LogP) is 2.11. The van der Waals surface area contributed by atoms with Gasteiger partial charge in [-0.15, -0.1) is 0 Å². The molecule has 4 nitrogen and oxygen atoms in total. The maximum Gasteiger partial charge on any atom is 0.213 e. The fraction of sp³-hybridized carbons (Fsp3) is 0.417. The zero-order chi connectivity index (χ0) is 13.6. The summed E-state index contributed by atoms with van der Waals surface area (Å²) < 4.78 is 38.4. The van der Waals surface area contributed by atoms with E-state index in [0.29, 0.717) is 12.0 Å². The molecule has 0 saturated carbocycles. The van der Waals surface area contributed by atoms with Crippen molar-refractivity contribution in [1.82, 2.24) is 4.72 Å². The molecule has 0 aliphatic rings. The molecule has 6 heteroatoms. The van der Waals surface area contributed by atoms with E-state index in [1.165, 1.54) is 24.3 Å². The van der Waals surface area contributed by atoms with Gasteiger partial charge in [-0.3, -0.25) is 0 Å². The van der Waals surface area contributed by atoms with Gasteiger partial charge < -0.3 is 0 Å². The molecule has 0 radical (unpaired) electrons. The standard InChI is InChI=1S/C12H15FN2O2S/c1-2-3-8-18(16,17)15-12(9-14)10-4-6-11(13)7-5-10/h4-7,12,15H,2-3,8H2,1H3. The molecule has 0 aliphatic heterocycles. The summed E-state index contributed by atoms with van der Waals surface area (Å²) in [6.07, 6.45) is 1.30. The van der Waals surface area contributed by atoms with Crippen LogP contribution in [0.5, 0.6) is 0 Å². The molecular weight excluding hydrogens is 255 g/mol. The molecular formula is C12H15FN2O2S. The first-order valence-electron chi connectivity index (χ1n) is 5.63. The predicted molar refractivity (Wildman–Crippen MR) is 66.6 cm³/mol. The molecule has 0 heterocycles. The van der Waals surface area contributed by atoms with Gasteiger partial charge in [0, 0.05) is 0 Å². The highest BCUT2D eigenvalue weighted by Gasteiger charge is 2.18. The maximum absolute atomic E-state index is 12.7. The first-order chi connectivity index (χ1) is 8.48. The van der Waals surface area contributed by atoms with Crippen LogP contribution in [0.25, 0.3) is 0 Å². The molecule has 18 heavy (non-hydrogen) atoms. The summed E-state index contributed by atoms with van der Waals surface area (Å²) in [6, 6.07) is 6.06. The van der Waals surface area contributed by atoms with Gasteiger partial charge in [0.2, 0.25) is 10.0 Å². The van der Waals surface area contributed by atoms with E-state index in [1.807, 2.05) is 13.0 Å². The van der Waals surface area contributed by atoms with Crippen molar-refractivity contribution in [1.29, 1.82) is 5.26 Å². The van der Waals surface area contributed by atoms with Gasteiger partial charge in [-0.25, -0.2) is 12.8 Å². The lowest BCUT2D eigenvalue weighted by molar-refractivity contribution is 0.572. The number of halogens is 1. The largest absolute Gasteiger partial charge is 0.213 e. The van der Waals surface area contributed by atoms with Crippen LogP contribution in [0.2, 0.25) is 0 Å². The number of hydrogen-bond donors (Lipinski definition) is 1. The van der Waals surface area contributed by atoms with Crippen molar-refractivity contribution in [2.75, 3.05) is 5.75 Å². The number of rotatable bonds is 6. The smallest absolute Gasteiger partial charge is 0.212 e. The average Bonchev–Trinajstić information content (AvgIpc) is 2.35. The molecule has 1 rings (SSSR count). The van der Waals surface area contributed by atoms with E-state index >= 15 is 0 Å². The van der Waals surface area contributed by atoms with Gasteiger partial charge in [-0.1, -0.05) is 25.5 Å². The minimum atomic E-state index is -3.48. The first-order valence-corrected chi connectivity index (χ1v) is 7.29. The van der Waals surface area contributed by atoms with Gasteiger partial charge in [0.25, 0.3) is 0 Å². The van der Waals surface area contributed by atoms with Crippen molar-refractivity contribution in [3.05, 3.63) is 35.6 Å². The van der Waals surface area contributed by atoms with Crippen molar-refractivity contribution in [2.45, 2.75) is 25.8 Å². The van der Waals surface area contributed by atoms with Crippen molar-refractivity contribution < 1.29 is 12.8 Å². The highest BCUT2D eigenvalue weighted by molar-refractivity contribution is 7.89. The topological polar surface area (TPSA) is 70.0 Å². The maximum atomic E-state index is 12.7. The van der Waals surface area contributed by atoms with E-state index in [1.54, 1.807) is 0 Å². The SMILES string of the molecule is CCCCS(=O)(=O)NC(C#N)c1ccc(F)cc1. The molecule has 0 aromatic heterocycles. The molecule has 0 fully saturated rings. The van der Waals surface area contributed by atoms with Crippen LogP contribution in [0.3, 0.4) is 0 Å². The summed E-state index contributed by atoms with van der Waals surface area (Å²) in [5, 5.41) is 8.97. The van der Waals surface area contributed by atoms with E-state index in [2.05, 4.69) is 4.72 Å². The van der Waals surface area contributed by atoms with E-state index < -0.39 is 21.9 Å². The zero-order valence-corrected chi connectivity index (χ0v) is 10.9. The lowest BCUT2D eigenvalue weighted by Crippen LogP contribution is -2.29. The Morgan fingerprint density at radius 2 is 2.00 bits per heavy atom. The monoisotopic (exact) mass is 270 g/mol. The quantitative estimate of drug-likeness (QED) is 0.860. The molecule has 0 spiro atoms. The van der Waals surface area contributed by atoms with Gasteiger partial charge in [0.1, 0.15) is 11.9 Å². The summed E-state index contributed by atoms with van der Waals surface area (Å²) in [6.45, 7) is 1.89. The molecule has 0 aliphatic carbocycles. The highest BCUT2D eigenvalue weighted by Crippen LogP contribution is 2.14. The molecule has 98 valence electrons. The number of sulfonamides is 1. The second kappa shape index (κ2) is 6.47. The van der Waals surface area contributed by atoms with Crippen molar-refractivity contribution in [2.24, 2.45) is 0 Å². The summed E-state index contributed by atoms with van der Waals surface area (Å²) in [7, 11) is -3.48. The third-order valence-electron chi connectivity index (χ3n) is 2.40. The summed E-state index contributed by atoms with van der Waals surface area (Å²) >= 11 is 0. The Kier molecular flexibility index (Phi) is 5.25.